The molecule has 0 amide bonds. The van der Waals surface area contributed by atoms with E-state index in [9.17, 15) is 0 Å². The van der Waals surface area contributed by atoms with Gasteiger partial charge in [-0.15, -0.1) is 5.10 Å². The Morgan fingerprint density at radius 3 is 3.00 bits per heavy atom. The van der Waals surface area contributed by atoms with Crippen LogP contribution in [0.3, 0.4) is 0 Å². The lowest BCUT2D eigenvalue weighted by Gasteiger charge is -2.16. The summed E-state index contributed by atoms with van der Waals surface area (Å²) in [6, 6.07) is -0.272. The van der Waals surface area contributed by atoms with Crippen LogP contribution >= 0.6 is 11.5 Å². The summed E-state index contributed by atoms with van der Waals surface area (Å²) in [6.45, 7) is 2.73. The van der Waals surface area contributed by atoms with Gasteiger partial charge in [0.15, 0.2) is 5.75 Å². The summed E-state index contributed by atoms with van der Waals surface area (Å²) in [4.78, 5) is 0. The van der Waals surface area contributed by atoms with Crippen LogP contribution in [0.1, 0.15) is 24.4 Å². The Balaban J connectivity index is 2.46. The van der Waals surface area contributed by atoms with Crippen molar-refractivity contribution >= 4 is 11.5 Å². The first-order valence-electron chi connectivity index (χ1n) is 5.14. The standard InChI is InChI=1S/C9H14N6OS/c1-3-15-9(7(16-2)4-11-15)8(12-10)6-5-17-14-13-6/h4-5,8,12H,3,10H2,1-2H3. The highest BCUT2D eigenvalue weighted by Gasteiger charge is 2.24. The van der Waals surface area contributed by atoms with Crippen molar-refractivity contribution < 1.29 is 4.74 Å². The number of nitrogens with two attached hydrogens (primary N) is 1. The summed E-state index contributed by atoms with van der Waals surface area (Å²) in [5.41, 5.74) is 4.33. The first-order valence-corrected chi connectivity index (χ1v) is 5.98. The molecule has 1 atom stereocenters. The van der Waals surface area contributed by atoms with Crippen LogP contribution in [0.2, 0.25) is 0 Å². The van der Waals surface area contributed by atoms with Crippen molar-refractivity contribution in [2.75, 3.05) is 7.11 Å². The zero-order valence-electron chi connectivity index (χ0n) is 9.62. The second kappa shape index (κ2) is 5.21. The van der Waals surface area contributed by atoms with Gasteiger partial charge in [-0.1, -0.05) is 4.49 Å². The Hall–Kier alpha value is -1.51. The van der Waals surface area contributed by atoms with Crippen molar-refractivity contribution in [2.45, 2.75) is 19.5 Å². The van der Waals surface area contributed by atoms with E-state index in [0.29, 0.717) is 5.75 Å². The Kier molecular flexibility index (Phi) is 3.67. The van der Waals surface area contributed by atoms with Gasteiger partial charge in [-0.2, -0.15) is 5.10 Å². The van der Waals surface area contributed by atoms with Crippen LogP contribution in [0.5, 0.6) is 5.75 Å². The maximum absolute atomic E-state index is 5.59. The molecular formula is C9H14N6OS. The molecule has 0 aliphatic carbocycles. The number of hydrazine groups is 1. The molecule has 2 heterocycles. The van der Waals surface area contributed by atoms with Gasteiger partial charge in [0.05, 0.1) is 19.0 Å². The fraction of sp³-hybridized carbons (Fsp3) is 0.444. The molecule has 0 radical (unpaired) electrons. The third-order valence-electron chi connectivity index (χ3n) is 2.48. The molecule has 0 saturated heterocycles. The summed E-state index contributed by atoms with van der Waals surface area (Å²) >= 11 is 1.28. The van der Waals surface area contributed by atoms with Gasteiger partial charge in [-0.25, -0.2) is 5.43 Å². The maximum Gasteiger partial charge on any atom is 0.162 e. The normalized spacial score (nSPS) is 12.6. The summed E-state index contributed by atoms with van der Waals surface area (Å²) in [5, 5.41) is 10.1. The highest BCUT2D eigenvalue weighted by Crippen LogP contribution is 2.28. The first-order chi connectivity index (χ1) is 8.31. The summed E-state index contributed by atoms with van der Waals surface area (Å²) < 4.78 is 10.9. The molecule has 0 spiro atoms. The Bertz CT molecular complexity index is 446. The predicted octanol–water partition coefficient (Wildman–Crippen LogP) is 0.316. The number of methoxy groups -OCH3 is 1. The molecule has 0 aliphatic heterocycles. The third-order valence-corrected chi connectivity index (χ3v) is 3.00. The van der Waals surface area contributed by atoms with Gasteiger partial charge in [0, 0.05) is 11.9 Å². The lowest BCUT2D eigenvalue weighted by molar-refractivity contribution is 0.398. The molecular weight excluding hydrogens is 240 g/mol. The van der Waals surface area contributed by atoms with Crippen LogP contribution in [-0.2, 0) is 6.54 Å². The number of ether oxygens (including phenoxy) is 1. The topological polar surface area (TPSA) is 90.9 Å². The molecule has 0 aliphatic rings. The predicted molar refractivity (Wildman–Crippen MR) is 63.5 cm³/mol. The van der Waals surface area contributed by atoms with E-state index in [0.717, 1.165) is 17.9 Å². The number of nitrogens with one attached hydrogen (secondary N) is 1. The quantitative estimate of drug-likeness (QED) is 0.589. The number of nitrogens with zero attached hydrogens (tertiary/aromatic N) is 4. The van der Waals surface area contributed by atoms with Crippen LogP contribution in [0.25, 0.3) is 0 Å². The molecule has 7 nitrogen and oxygen atoms in total. The van der Waals surface area contributed by atoms with Crippen molar-refractivity contribution in [2.24, 2.45) is 5.84 Å². The highest BCUT2D eigenvalue weighted by atomic mass is 32.1. The molecule has 17 heavy (non-hydrogen) atoms. The minimum Gasteiger partial charge on any atom is -0.493 e. The van der Waals surface area contributed by atoms with Crippen molar-refractivity contribution in [1.82, 2.24) is 24.8 Å². The SMILES string of the molecule is CCn1ncc(OC)c1C(NN)c1csnn1. The molecule has 1 unspecified atom stereocenters. The second-order valence-electron chi connectivity index (χ2n) is 3.34. The van der Waals surface area contributed by atoms with Crippen molar-refractivity contribution in [3.8, 4) is 5.75 Å². The molecule has 0 fully saturated rings. The zero-order chi connectivity index (χ0) is 12.3. The summed E-state index contributed by atoms with van der Waals surface area (Å²) in [5.74, 6) is 6.28. The van der Waals surface area contributed by atoms with Gasteiger partial charge >= 0.3 is 0 Å². The first kappa shape index (κ1) is 12.0. The van der Waals surface area contributed by atoms with E-state index in [-0.39, 0.29) is 6.04 Å². The zero-order valence-corrected chi connectivity index (χ0v) is 10.4. The monoisotopic (exact) mass is 254 g/mol. The number of rotatable bonds is 5. The van der Waals surface area contributed by atoms with E-state index in [1.807, 2.05) is 17.0 Å². The summed E-state index contributed by atoms with van der Waals surface area (Å²) in [6.07, 6.45) is 1.67. The minimum atomic E-state index is -0.272. The van der Waals surface area contributed by atoms with E-state index in [2.05, 4.69) is 20.1 Å². The average molecular weight is 254 g/mol. The minimum absolute atomic E-state index is 0.272. The molecule has 0 saturated carbocycles. The van der Waals surface area contributed by atoms with Gasteiger partial charge in [-0.05, 0) is 18.5 Å². The lowest BCUT2D eigenvalue weighted by atomic mass is 10.1. The molecule has 8 heteroatoms. The van der Waals surface area contributed by atoms with E-state index in [4.69, 9.17) is 10.6 Å². The number of aryl methyl sites for hydroxylation is 1. The van der Waals surface area contributed by atoms with Crippen LogP contribution in [0.15, 0.2) is 11.6 Å². The Morgan fingerprint density at radius 1 is 1.65 bits per heavy atom. The van der Waals surface area contributed by atoms with Crippen molar-refractivity contribution in [1.29, 1.82) is 0 Å². The van der Waals surface area contributed by atoms with Gasteiger partial charge in [-0.3, -0.25) is 10.5 Å². The Labute approximate surface area is 103 Å². The largest absolute Gasteiger partial charge is 0.493 e. The van der Waals surface area contributed by atoms with Crippen molar-refractivity contribution in [3.05, 3.63) is 23.0 Å². The van der Waals surface area contributed by atoms with Gasteiger partial charge < -0.3 is 4.74 Å². The third kappa shape index (κ3) is 2.14. The van der Waals surface area contributed by atoms with E-state index < -0.39 is 0 Å². The highest BCUT2D eigenvalue weighted by molar-refractivity contribution is 7.03. The van der Waals surface area contributed by atoms with E-state index >= 15 is 0 Å². The number of aromatic nitrogens is 4. The Morgan fingerprint density at radius 2 is 2.47 bits per heavy atom. The smallest absolute Gasteiger partial charge is 0.162 e. The van der Waals surface area contributed by atoms with E-state index in [1.54, 1.807) is 13.3 Å². The van der Waals surface area contributed by atoms with E-state index in [1.165, 1.54) is 11.5 Å². The molecule has 2 aromatic heterocycles. The lowest BCUT2D eigenvalue weighted by Crippen LogP contribution is -2.31. The molecule has 92 valence electrons. The number of hydrogen-bond donors (Lipinski definition) is 2. The maximum atomic E-state index is 5.59. The molecule has 0 bridgehead atoms. The average Bonchev–Trinajstić information content (AvgIpc) is 2.99. The fourth-order valence-electron chi connectivity index (χ4n) is 1.68. The van der Waals surface area contributed by atoms with Crippen LogP contribution in [-0.4, -0.2) is 26.5 Å². The van der Waals surface area contributed by atoms with Gasteiger partial charge in [0.2, 0.25) is 0 Å². The van der Waals surface area contributed by atoms with Crippen molar-refractivity contribution in [3.63, 3.8) is 0 Å². The molecule has 2 aromatic rings. The molecule has 0 aromatic carbocycles. The second-order valence-corrected chi connectivity index (χ2v) is 3.95. The van der Waals surface area contributed by atoms with Crippen LogP contribution < -0.4 is 16.0 Å². The number of hydrogen-bond acceptors (Lipinski definition) is 7. The van der Waals surface area contributed by atoms with Gasteiger partial charge in [0.1, 0.15) is 11.7 Å². The van der Waals surface area contributed by atoms with Gasteiger partial charge in [0.25, 0.3) is 0 Å². The van der Waals surface area contributed by atoms with Crippen LogP contribution in [0.4, 0.5) is 0 Å². The summed E-state index contributed by atoms with van der Waals surface area (Å²) in [7, 11) is 1.60. The fourth-order valence-corrected chi connectivity index (χ4v) is 2.16. The molecule has 2 rings (SSSR count). The van der Waals surface area contributed by atoms with Crippen LogP contribution in [0, 0.1) is 0 Å². The molecule has 3 N–H and O–H groups in total.